The van der Waals surface area contributed by atoms with Gasteiger partial charge in [-0.25, -0.2) is 0 Å². The van der Waals surface area contributed by atoms with E-state index in [-0.39, 0.29) is 18.1 Å². The molecule has 5 heteroatoms. The quantitative estimate of drug-likeness (QED) is 0.746. The Labute approximate surface area is 133 Å². The van der Waals surface area contributed by atoms with Crippen molar-refractivity contribution in [3.8, 4) is 22.8 Å². The summed E-state index contributed by atoms with van der Waals surface area (Å²) in [5.41, 5.74) is 2.11. The van der Waals surface area contributed by atoms with E-state index in [0.717, 1.165) is 10.9 Å². The summed E-state index contributed by atoms with van der Waals surface area (Å²) in [6.07, 6.45) is 0.209. The van der Waals surface area contributed by atoms with E-state index in [1.807, 2.05) is 18.2 Å². The van der Waals surface area contributed by atoms with Gasteiger partial charge >= 0.3 is 5.97 Å². The van der Waals surface area contributed by atoms with Gasteiger partial charge in [-0.2, -0.15) is 0 Å². The Bertz CT molecular complexity index is 863. The first kappa shape index (κ1) is 15.0. The average molecular weight is 312 g/mol. The Morgan fingerprint density at radius 2 is 1.96 bits per heavy atom. The van der Waals surface area contributed by atoms with Crippen molar-refractivity contribution in [1.29, 1.82) is 0 Å². The third-order valence-electron chi connectivity index (χ3n) is 3.63. The molecule has 1 heterocycles. The molecule has 23 heavy (non-hydrogen) atoms. The Balaban J connectivity index is 1.98. The number of rotatable bonds is 4. The minimum absolute atomic E-state index is 0.0817. The van der Waals surface area contributed by atoms with Crippen LogP contribution in [0.2, 0.25) is 0 Å². The highest BCUT2D eigenvalue weighted by atomic mass is 16.5. The topological polar surface area (TPSA) is 68.9 Å². The van der Waals surface area contributed by atoms with Gasteiger partial charge < -0.3 is 19.0 Å². The van der Waals surface area contributed by atoms with Crippen molar-refractivity contribution in [2.75, 3.05) is 14.2 Å². The maximum atomic E-state index is 11.4. The summed E-state index contributed by atoms with van der Waals surface area (Å²) >= 11 is 0. The van der Waals surface area contributed by atoms with Crippen LogP contribution in [0.15, 0.2) is 46.9 Å². The Hall–Kier alpha value is -2.95. The molecule has 0 aliphatic carbocycles. The van der Waals surface area contributed by atoms with Crippen LogP contribution in [0.5, 0.6) is 11.5 Å². The number of furan rings is 1. The molecule has 0 saturated carbocycles. The number of esters is 1. The van der Waals surface area contributed by atoms with E-state index in [9.17, 15) is 9.90 Å². The van der Waals surface area contributed by atoms with Gasteiger partial charge in [-0.05, 0) is 35.9 Å². The summed E-state index contributed by atoms with van der Waals surface area (Å²) in [6.45, 7) is 0. The molecule has 0 spiro atoms. The van der Waals surface area contributed by atoms with Gasteiger partial charge in [-0.1, -0.05) is 6.07 Å². The summed E-state index contributed by atoms with van der Waals surface area (Å²) in [7, 11) is 2.90. The van der Waals surface area contributed by atoms with Crippen LogP contribution in [0.25, 0.3) is 22.3 Å². The van der Waals surface area contributed by atoms with Crippen LogP contribution >= 0.6 is 0 Å². The molecule has 3 rings (SSSR count). The lowest BCUT2D eigenvalue weighted by Gasteiger charge is -2.04. The van der Waals surface area contributed by atoms with Crippen molar-refractivity contribution < 1.29 is 23.8 Å². The van der Waals surface area contributed by atoms with Crippen LogP contribution in [0.1, 0.15) is 5.56 Å². The predicted molar refractivity (Wildman–Crippen MR) is 85.6 cm³/mol. The number of hydrogen-bond acceptors (Lipinski definition) is 5. The number of carbonyl (C=O) groups excluding carboxylic acids is 1. The van der Waals surface area contributed by atoms with Gasteiger partial charge in [-0.15, -0.1) is 0 Å². The molecule has 0 unspecified atom stereocenters. The second-order valence-electron chi connectivity index (χ2n) is 5.12. The fraction of sp³-hybridized carbons (Fsp3) is 0.167. The van der Waals surface area contributed by atoms with Gasteiger partial charge in [0.2, 0.25) is 0 Å². The third-order valence-corrected chi connectivity index (χ3v) is 3.63. The highest BCUT2D eigenvalue weighted by Gasteiger charge is 2.12. The number of aromatic hydroxyl groups is 1. The molecule has 0 radical (unpaired) electrons. The smallest absolute Gasteiger partial charge is 0.309 e. The van der Waals surface area contributed by atoms with E-state index in [2.05, 4.69) is 4.74 Å². The van der Waals surface area contributed by atoms with Gasteiger partial charge in [0.15, 0.2) is 0 Å². The summed E-state index contributed by atoms with van der Waals surface area (Å²) in [5, 5.41) is 11.0. The van der Waals surface area contributed by atoms with Gasteiger partial charge in [0.1, 0.15) is 22.8 Å². The Morgan fingerprint density at radius 3 is 2.65 bits per heavy atom. The molecule has 3 aromatic rings. The summed E-state index contributed by atoms with van der Waals surface area (Å²) in [5.74, 6) is 0.914. The maximum absolute atomic E-state index is 11.4. The summed E-state index contributed by atoms with van der Waals surface area (Å²) in [4.78, 5) is 11.4. The first-order valence-corrected chi connectivity index (χ1v) is 7.07. The molecule has 0 bridgehead atoms. The van der Waals surface area contributed by atoms with Crippen LogP contribution in [0.3, 0.4) is 0 Å². The zero-order valence-corrected chi connectivity index (χ0v) is 12.8. The highest BCUT2D eigenvalue weighted by Crippen LogP contribution is 2.35. The lowest BCUT2D eigenvalue weighted by atomic mass is 10.1. The minimum Gasteiger partial charge on any atom is -0.507 e. The number of methoxy groups -OCH3 is 2. The molecule has 0 aliphatic heterocycles. The van der Waals surface area contributed by atoms with Gasteiger partial charge in [0.05, 0.1) is 26.2 Å². The first-order valence-electron chi connectivity index (χ1n) is 7.07. The SMILES string of the molecule is COC(=O)Cc1ccc2oc(-c3ccc(OC)cc3O)cc2c1. The average Bonchev–Trinajstić information content (AvgIpc) is 2.97. The van der Waals surface area contributed by atoms with E-state index >= 15 is 0 Å². The first-order chi connectivity index (χ1) is 11.1. The van der Waals surface area contributed by atoms with Gasteiger partial charge in [0.25, 0.3) is 0 Å². The van der Waals surface area contributed by atoms with Crippen LogP contribution in [-0.4, -0.2) is 25.3 Å². The largest absolute Gasteiger partial charge is 0.507 e. The van der Waals surface area contributed by atoms with E-state index in [0.29, 0.717) is 22.7 Å². The fourth-order valence-electron chi connectivity index (χ4n) is 2.42. The monoisotopic (exact) mass is 312 g/mol. The molecule has 0 amide bonds. The molecule has 1 N–H and O–H groups in total. The van der Waals surface area contributed by atoms with Crippen molar-refractivity contribution in [2.45, 2.75) is 6.42 Å². The standard InChI is InChI=1S/C18H16O5/c1-21-13-4-5-14(15(19)10-13)17-9-12-7-11(8-18(20)22-2)3-6-16(12)23-17/h3-7,9-10,19H,8H2,1-2H3. The number of carbonyl (C=O) groups is 1. The van der Waals surface area contributed by atoms with Gasteiger partial charge in [-0.3, -0.25) is 4.79 Å². The second-order valence-corrected chi connectivity index (χ2v) is 5.12. The van der Waals surface area contributed by atoms with E-state index in [1.54, 1.807) is 25.3 Å². The number of fused-ring (bicyclic) bond motifs is 1. The molecule has 0 aliphatic rings. The normalized spacial score (nSPS) is 10.7. The molecule has 0 fully saturated rings. The van der Waals surface area contributed by atoms with Crippen LogP contribution in [-0.2, 0) is 16.0 Å². The van der Waals surface area contributed by atoms with Crippen LogP contribution in [0, 0.1) is 0 Å². The number of phenols is 1. The minimum atomic E-state index is -0.291. The predicted octanol–water partition coefficient (Wildman–Crippen LogP) is 3.53. The third kappa shape index (κ3) is 2.99. The lowest BCUT2D eigenvalue weighted by Crippen LogP contribution is -2.03. The molecule has 0 saturated heterocycles. The van der Waals surface area contributed by atoms with Crippen molar-refractivity contribution in [2.24, 2.45) is 0 Å². The van der Waals surface area contributed by atoms with Crippen LogP contribution < -0.4 is 4.74 Å². The zero-order valence-electron chi connectivity index (χ0n) is 12.8. The number of phenolic OH excluding ortho intramolecular Hbond substituents is 1. The van der Waals surface area contributed by atoms with E-state index in [1.165, 1.54) is 13.2 Å². The zero-order chi connectivity index (χ0) is 16.4. The molecular weight excluding hydrogens is 296 g/mol. The van der Waals surface area contributed by atoms with E-state index < -0.39 is 0 Å². The highest BCUT2D eigenvalue weighted by molar-refractivity contribution is 5.85. The van der Waals surface area contributed by atoms with Crippen LogP contribution in [0.4, 0.5) is 0 Å². The van der Waals surface area contributed by atoms with E-state index in [4.69, 9.17) is 9.15 Å². The van der Waals surface area contributed by atoms with Gasteiger partial charge in [0, 0.05) is 11.5 Å². The summed E-state index contributed by atoms with van der Waals surface area (Å²) in [6, 6.07) is 12.4. The molecule has 0 atom stereocenters. The number of benzene rings is 2. The molecular formula is C18H16O5. The second kappa shape index (κ2) is 6.04. The number of hydrogen-bond donors (Lipinski definition) is 1. The lowest BCUT2D eigenvalue weighted by molar-refractivity contribution is -0.139. The van der Waals surface area contributed by atoms with Crippen molar-refractivity contribution >= 4 is 16.9 Å². The van der Waals surface area contributed by atoms with Crippen molar-refractivity contribution in [3.63, 3.8) is 0 Å². The Kier molecular flexibility index (Phi) is 3.93. The summed E-state index contributed by atoms with van der Waals surface area (Å²) < 4.78 is 15.5. The molecule has 118 valence electrons. The number of ether oxygens (including phenoxy) is 2. The molecule has 1 aromatic heterocycles. The Morgan fingerprint density at radius 1 is 1.13 bits per heavy atom. The maximum Gasteiger partial charge on any atom is 0.309 e. The fourth-order valence-corrected chi connectivity index (χ4v) is 2.42. The molecule has 5 nitrogen and oxygen atoms in total. The molecule has 2 aromatic carbocycles. The van der Waals surface area contributed by atoms with Crippen molar-refractivity contribution in [3.05, 3.63) is 48.0 Å². The van der Waals surface area contributed by atoms with Crippen molar-refractivity contribution in [1.82, 2.24) is 0 Å².